The molecule has 0 heterocycles. The van der Waals surface area contributed by atoms with Gasteiger partial charge in [0.2, 0.25) is 5.78 Å². The highest BCUT2D eigenvalue weighted by atomic mass is 79.9. The summed E-state index contributed by atoms with van der Waals surface area (Å²) in [4.78, 5) is 24.4. The van der Waals surface area contributed by atoms with Crippen LogP contribution in [-0.4, -0.2) is 11.6 Å². The van der Waals surface area contributed by atoms with Crippen LogP contribution in [0, 0.1) is 0 Å². The number of ether oxygens (including phenoxy) is 1. The molecule has 3 rings (SSSR count). The van der Waals surface area contributed by atoms with Crippen molar-refractivity contribution in [3.63, 3.8) is 0 Å². The first-order valence-electron chi connectivity index (χ1n) is 6.42. The van der Waals surface area contributed by atoms with Crippen LogP contribution in [0.3, 0.4) is 0 Å². The number of rotatable bonds is 3. The maximum Gasteiger partial charge on any atom is 0.228 e. The van der Waals surface area contributed by atoms with Gasteiger partial charge in [-0.1, -0.05) is 46.3 Å². The number of hydrogen-bond acceptors (Lipinski definition) is 3. The number of allylic oxidation sites excluding steroid dienone is 2. The summed E-state index contributed by atoms with van der Waals surface area (Å²) in [5, 5.41) is 0. The molecule has 1 aliphatic rings. The van der Waals surface area contributed by atoms with Gasteiger partial charge < -0.3 is 4.74 Å². The third-order valence-corrected chi connectivity index (χ3v) is 3.71. The van der Waals surface area contributed by atoms with E-state index < -0.39 is 0 Å². The number of ketones is 2. The fourth-order valence-electron chi connectivity index (χ4n) is 2.16. The van der Waals surface area contributed by atoms with Gasteiger partial charge >= 0.3 is 0 Å². The molecule has 21 heavy (non-hydrogen) atoms. The molecule has 0 aliphatic heterocycles. The van der Waals surface area contributed by atoms with E-state index in [0.29, 0.717) is 11.1 Å². The van der Waals surface area contributed by atoms with E-state index in [1.165, 1.54) is 6.08 Å². The lowest BCUT2D eigenvalue weighted by atomic mass is 9.94. The molecular formula is C17H11BrO3. The largest absolute Gasteiger partial charge is 0.485 e. The molecule has 2 aromatic rings. The third-order valence-electron chi connectivity index (χ3n) is 3.21. The average Bonchev–Trinajstić information content (AvgIpc) is 2.50. The van der Waals surface area contributed by atoms with Crippen molar-refractivity contribution in [2.24, 2.45) is 0 Å². The van der Waals surface area contributed by atoms with Crippen LogP contribution in [0.15, 0.2) is 64.8 Å². The fraction of sp³-hybridized carbons (Fsp3) is 0.0588. The summed E-state index contributed by atoms with van der Waals surface area (Å²) in [7, 11) is 0. The van der Waals surface area contributed by atoms with E-state index in [1.54, 1.807) is 18.2 Å². The van der Waals surface area contributed by atoms with E-state index in [4.69, 9.17) is 4.74 Å². The Morgan fingerprint density at radius 2 is 1.71 bits per heavy atom. The highest BCUT2D eigenvalue weighted by Gasteiger charge is 2.26. The molecule has 0 saturated heterocycles. The lowest BCUT2D eigenvalue weighted by Gasteiger charge is -2.16. The topological polar surface area (TPSA) is 43.4 Å². The van der Waals surface area contributed by atoms with Gasteiger partial charge in [-0.25, -0.2) is 0 Å². The third kappa shape index (κ3) is 2.81. The molecule has 0 amide bonds. The molecule has 4 heteroatoms. The number of carbonyl (C=O) groups is 2. The molecule has 0 atom stereocenters. The maximum absolute atomic E-state index is 12.3. The number of hydrogen-bond donors (Lipinski definition) is 0. The first kappa shape index (κ1) is 13.8. The molecule has 0 saturated carbocycles. The minimum Gasteiger partial charge on any atom is -0.485 e. The molecule has 104 valence electrons. The predicted octanol–water partition coefficient (Wildman–Crippen LogP) is 3.93. The monoisotopic (exact) mass is 342 g/mol. The van der Waals surface area contributed by atoms with Crippen LogP contribution in [-0.2, 0) is 11.3 Å². The Morgan fingerprint density at radius 3 is 2.48 bits per heavy atom. The zero-order valence-electron chi connectivity index (χ0n) is 11.0. The number of halogens is 1. The smallest absolute Gasteiger partial charge is 0.228 e. The lowest BCUT2D eigenvalue weighted by molar-refractivity contribution is 0.0870. The van der Waals surface area contributed by atoms with Crippen molar-refractivity contribution in [3.8, 4) is 0 Å². The fourth-order valence-corrected chi connectivity index (χ4v) is 2.52. The SMILES string of the molecule is O=C1C=C(OCc2ccccc2)C(=O)c2ccc(Br)cc21. The molecule has 2 aromatic carbocycles. The molecule has 0 fully saturated rings. The van der Waals surface area contributed by atoms with Gasteiger partial charge in [0.05, 0.1) is 0 Å². The van der Waals surface area contributed by atoms with Crippen molar-refractivity contribution < 1.29 is 14.3 Å². The Bertz CT molecular complexity index is 748. The van der Waals surface area contributed by atoms with Crippen molar-refractivity contribution in [1.82, 2.24) is 0 Å². The molecule has 0 radical (unpaired) electrons. The van der Waals surface area contributed by atoms with Gasteiger partial charge in [0.15, 0.2) is 11.5 Å². The second-order valence-corrected chi connectivity index (χ2v) is 5.58. The number of Topliss-reactive ketones (excluding diaryl/α,β-unsaturated/α-hetero) is 1. The number of benzene rings is 2. The van der Waals surface area contributed by atoms with Crippen molar-refractivity contribution >= 4 is 27.5 Å². The van der Waals surface area contributed by atoms with Gasteiger partial charge in [-0.3, -0.25) is 9.59 Å². The van der Waals surface area contributed by atoms with Crippen LogP contribution in [0.25, 0.3) is 0 Å². The van der Waals surface area contributed by atoms with Crippen LogP contribution in [0.4, 0.5) is 0 Å². The molecule has 1 aliphatic carbocycles. The van der Waals surface area contributed by atoms with Gasteiger partial charge in [0.1, 0.15) is 6.61 Å². The van der Waals surface area contributed by atoms with Gasteiger partial charge in [-0.2, -0.15) is 0 Å². The Morgan fingerprint density at radius 1 is 0.952 bits per heavy atom. The number of fused-ring (bicyclic) bond motifs is 1. The molecule has 0 N–H and O–H groups in total. The molecule has 3 nitrogen and oxygen atoms in total. The van der Waals surface area contributed by atoms with Crippen molar-refractivity contribution in [2.75, 3.05) is 0 Å². The first-order chi connectivity index (χ1) is 10.1. The second-order valence-electron chi connectivity index (χ2n) is 4.67. The van der Waals surface area contributed by atoms with Crippen LogP contribution in [0.5, 0.6) is 0 Å². The Balaban J connectivity index is 1.84. The van der Waals surface area contributed by atoms with Crippen molar-refractivity contribution in [3.05, 3.63) is 81.5 Å². The quantitative estimate of drug-likeness (QED) is 0.848. The standard InChI is InChI=1S/C17H11BrO3/c18-12-6-7-13-14(8-12)15(19)9-16(17(13)20)21-10-11-4-2-1-3-5-11/h1-9H,10H2. The highest BCUT2D eigenvalue weighted by molar-refractivity contribution is 9.10. The summed E-state index contributed by atoms with van der Waals surface area (Å²) in [6.45, 7) is 0.261. The van der Waals surface area contributed by atoms with Gasteiger partial charge in [-0.15, -0.1) is 0 Å². The molecule has 0 unspecified atom stereocenters. The van der Waals surface area contributed by atoms with E-state index in [1.807, 2.05) is 30.3 Å². The summed E-state index contributed by atoms with van der Waals surface area (Å²) < 4.78 is 6.29. The minimum atomic E-state index is -0.256. The normalized spacial score (nSPS) is 13.7. The van der Waals surface area contributed by atoms with Gasteiger partial charge in [0, 0.05) is 21.7 Å². The van der Waals surface area contributed by atoms with Crippen molar-refractivity contribution in [2.45, 2.75) is 6.61 Å². The number of carbonyl (C=O) groups excluding carboxylic acids is 2. The van der Waals surface area contributed by atoms with E-state index in [-0.39, 0.29) is 23.9 Å². The zero-order valence-corrected chi connectivity index (χ0v) is 12.6. The van der Waals surface area contributed by atoms with Gasteiger partial charge in [0.25, 0.3) is 0 Å². The van der Waals surface area contributed by atoms with E-state index in [0.717, 1.165) is 10.0 Å². The lowest BCUT2D eigenvalue weighted by Crippen LogP contribution is -2.18. The predicted molar refractivity (Wildman–Crippen MR) is 82.1 cm³/mol. The second kappa shape index (κ2) is 5.66. The minimum absolute atomic E-state index is 0.0960. The van der Waals surface area contributed by atoms with E-state index >= 15 is 0 Å². The van der Waals surface area contributed by atoms with E-state index in [9.17, 15) is 9.59 Å². The highest BCUT2D eigenvalue weighted by Crippen LogP contribution is 2.25. The first-order valence-corrected chi connectivity index (χ1v) is 7.21. The average molecular weight is 343 g/mol. The van der Waals surface area contributed by atoms with E-state index in [2.05, 4.69) is 15.9 Å². The summed E-state index contributed by atoms with van der Waals surface area (Å²) in [5.41, 5.74) is 1.73. The summed E-state index contributed by atoms with van der Waals surface area (Å²) in [6, 6.07) is 14.5. The Hall–Kier alpha value is -2.20. The van der Waals surface area contributed by atoms with Crippen molar-refractivity contribution in [1.29, 1.82) is 0 Å². The molecule has 0 aromatic heterocycles. The van der Waals surface area contributed by atoms with Gasteiger partial charge in [-0.05, 0) is 23.8 Å². The summed E-state index contributed by atoms with van der Waals surface area (Å²) in [5.74, 6) is -0.374. The summed E-state index contributed by atoms with van der Waals surface area (Å²) in [6.07, 6.45) is 1.26. The molecule has 0 spiro atoms. The van der Waals surface area contributed by atoms with Crippen LogP contribution in [0.2, 0.25) is 0 Å². The van der Waals surface area contributed by atoms with Crippen LogP contribution >= 0.6 is 15.9 Å². The Kier molecular flexibility index (Phi) is 3.71. The Labute approximate surface area is 130 Å². The zero-order chi connectivity index (χ0) is 14.8. The molecular weight excluding hydrogens is 332 g/mol. The molecule has 0 bridgehead atoms. The maximum atomic E-state index is 12.3. The summed E-state index contributed by atoms with van der Waals surface area (Å²) >= 11 is 3.30. The van der Waals surface area contributed by atoms with Crippen LogP contribution in [0.1, 0.15) is 26.3 Å². The van der Waals surface area contributed by atoms with Crippen LogP contribution < -0.4 is 0 Å².